The van der Waals surface area contributed by atoms with Gasteiger partial charge in [-0.25, -0.2) is 0 Å². The van der Waals surface area contributed by atoms with Gasteiger partial charge in [-0.3, -0.25) is 9.59 Å². The van der Waals surface area contributed by atoms with E-state index in [2.05, 4.69) is 5.32 Å². The SMILES string of the molecule is NCCCC[C@H](N)C(=O)O.O=C1CCCN1. The molecule has 1 saturated heterocycles. The Balaban J connectivity index is 0.000000315. The van der Waals surface area contributed by atoms with Gasteiger partial charge in [-0.05, 0) is 25.8 Å². The predicted octanol–water partition coefficient (Wildman–Crippen LogP) is -0.576. The second kappa shape index (κ2) is 9.11. The van der Waals surface area contributed by atoms with Gasteiger partial charge in [0, 0.05) is 13.0 Å². The Morgan fingerprint density at radius 3 is 2.50 bits per heavy atom. The van der Waals surface area contributed by atoms with Gasteiger partial charge in [0.2, 0.25) is 5.91 Å². The summed E-state index contributed by atoms with van der Waals surface area (Å²) in [6, 6.07) is -0.716. The maximum atomic E-state index is 10.1. The van der Waals surface area contributed by atoms with Crippen molar-refractivity contribution in [1.29, 1.82) is 0 Å². The second-order valence-electron chi connectivity index (χ2n) is 3.68. The summed E-state index contributed by atoms with van der Waals surface area (Å²) in [5.74, 6) is -0.730. The molecule has 0 unspecified atom stereocenters. The lowest BCUT2D eigenvalue weighted by molar-refractivity contribution is -0.138. The van der Waals surface area contributed by atoms with E-state index in [0.29, 0.717) is 13.0 Å². The van der Waals surface area contributed by atoms with Gasteiger partial charge in [0.25, 0.3) is 0 Å². The molecule has 1 atom stereocenters. The fourth-order valence-corrected chi connectivity index (χ4v) is 1.20. The van der Waals surface area contributed by atoms with Gasteiger partial charge in [-0.1, -0.05) is 6.42 Å². The van der Waals surface area contributed by atoms with Crippen LogP contribution in [0, 0.1) is 0 Å². The third-order valence-electron chi connectivity index (χ3n) is 2.19. The third-order valence-corrected chi connectivity index (χ3v) is 2.19. The fourth-order valence-electron chi connectivity index (χ4n) is 1.20. The Bertz CT molecular complexity index is 213. The van der Waals surface area contributed by atoms with Crippen LogP contribution >= 0.6 is 0 Å². The van der Waals surface area contributed by atoms with Crippen molar-refractivity contribution in [2.45, 2.75) is 38.1 Å². The molecule has 1 aliphatic rings. The smallest absolute Gasteiger partial charge is 0.320 e. The van der Waals surface area contributed by atoms with Crippen molar-refractivity contribution in [2.24, 2.45) is 11.5 Å². The van der Waals surface area contributed by atoms with E-state index in [0.717, 1.165) is 32.2 Å². The van der Waals surface area contributed by atoms with Crippen LogP contribution in [0.1, 0.15) is 32.1 Å². The summed E-state index contributed by atoms with van der Waals surface area (Å²) >= 11 is 0. The van der Waals surface area contributed by atoms with Crippen molar-refractivity contribution in [3.05, 3.63) is 0 Å². The third kappa shape index (κ3) is 8.19. The van der Waals surface area contributed by atoms with E-state index >= 15 is 0 Å². The molecule has 6 heteroatoms. The second-order valence-corrected chi connectivity index (χ2v) is 3.68. The van der Waals surface area contributed by atoms with Crippen molar-refractivity contribution in [1.82, 2.24) is 5.32 Å². The average molecular weight is 231 g/mol. The molecule has 0 radical (unpaired) electrons. The molecule has 1 aliphatic heterocycles. The van der Waals surface area contributed by atoms with Crippen molar-refractivity contribution >= 4 is 11.9 Å². The molecule has 6 N–H and O–H groups in total. The lowest BCUT2D eigenvalue weighted by Crippen LogP contribution is -2.29. The average Bonchev–Trinajstić information content (AvgIpc) is 2.70. The summed E-state index contributed by atoms with van der Waals surface area (Å²) in [4.78, 5) is 20.3. The fraction of sp³-hybridized carbons (Fsp3) is 0.800. The molecule has 94 valence electrons. The molecule has 0 aromatic rings. The molecule has 0 spiro atoms. The normalized spacial score (nSPS) is 16.0. The minimum absolute atomic E-state index is 0.204. The molecular formula is C10H21N3O3. The largest absolute Gasteiger partial charge is 0.480 e. The molecule has 0 bridgehead atoms. The van der Waals surface area contributed by atoms with Gasteiger partial charge < -0.3 is 21.9 Å². The Morgan fingerprint density at radius 2 is 2.19 bits per heavy atom. The van der Waals surface area contributed by atoms with Crippen molar-refractivity contribution in [3.63, 3.8) is 0 Å². The highest BCUT2D eigenvalue weighted by atomic mass is 16.4. The van der Waals surface area contributed by atoms with Crippen LogP contribution in [0.3, 0.4) is 0 Å². The molecule has 16 heavy (non-hydrogen) atoms. The number of carboxylic acid groups (broad SMARTS) is 1. The monoisotopic (exact) mass is 231 g/mol. The maximum absolute atomic E-state index is 10.1. The van der Waals surface area contributed by atoms with E-state index in [1.54, 1.807) is 0 Å². The van der Waals surface area contributed by atoms with Crippen molar-refractivity contribution in [3.8, 4) is 0 Å². The Labute approximate surface area is 95.4 Å². The molecule has 0 aliphatic carbocycles. The van der Waals surface area contributed by atoms with Crippen molar-refractivity contribution < 1.29 is 14.7 Å². The van der Waals surface area contributed by atoms with Crippen LogP contribution in [0.25, 0.3) is 0 Å². The summed E-state index contributed by atoms with van der Waals surface area (Å²) in [5, 5.41) is 11.0. The molecule has 6 nitrogen and oxygen atoms in total. The first-order valence-electron chi connectivity index (χ1n) is 5.53. The minimum atomic E-state index is -0.933. The van der Waals surface area contributed by atoms with Gasteiger partial charge in [0.1, 0.15) is 6.04 Å². The van der Waals surface area contributed by atoms with Gasteiger partial charge >= 0.3 is 5.97 Å². The molecule has 0 aromatic heterocycles. The van der Waals surface area contributed by atoms with E-state index in [1.165, 1.54) is 0 Å². The first kappa shape index (κ1) is 14.9. The van der Waals surface area contributed by atoms with E-state index in [1.807, 2.05) is 0 Å². The number of carbonyl (C=O) groups is 2. The number of aliphatic carboxylic acids is 1. The summed E-state index contributed by atoms with van der Waals surface area (Å²) in [6.07, 6.45) is 3.93. The molecule has 0 aromatic carbocycles. The van der Waals surface area contributed by atoms with Crippen LogP contribution in [0.5, 0.6) is 0 Å². The summed E-state index contributed by atoms with van der Waals surface area (Å²) in [6.45, 7) is 1.49. The molecule has 1 rings (SSSR count). The highest BCUT2D eigenvalue weighted by Gasteiger charge is 2.09. The van der Waals surface area contributed by atoms with Gasteiger partial charge in [0.05, 0.1) is 0 Å². The van der Waals surface area contributed by atoms with Crippen LogP contribution in [-0.4, -0.2) is 36.1 Å². The zero-order valence-electron chi connectivity index (χ0n) is 9.45. The van der Waals surface area contributed by atoms with E-state index in [4.69, 9.17) is 16.6 Å². The van der Waals surface area contributed by atoms with E-state index in [9.17, 15) is 9.59 Å². The summed E-state index contributed by atoms with van der Waals surface area (Å²) in [7, 11) is 0. The zero-order valence-corrected chi connectivity index (χ0v) is 9.45. The number of carboxylic acids is 1. The van der Waals surface area contributed by atoms with Crippen LogP contribution in [0.4, 0.5) is 0 Å². The summed E-state index contributed by atoms with van der Waals surface area (Å²) in [5.41, 5.74) is 10.4. The Kier molecular flexibility index (Phi) is 8.46. The molecule has 1 fully saturated rings. The number of unbranched alkanes of at least 4 members (excludes halogenated alkanes) is 1. The number of hydrogen-bond donors (Lipinski definition) is 4. The lowest BCUT2D eigenvalue weighted by atomic mass is 10.1. The lowest BCUT2D eigenvalue weighted by Gasteiger charge is -2.03. The van der Waals surface area contributed by atoms with Crippen LogP contribution < -0.4 is 16.8 Å². The maximum Gasteiger partial charge on any atom is 0.320 e. The zero-order chi connectivity index (χ0) is 12.4. The number of nitrogens with two attached hydrogens (primary N) is 2. The quantitative estimate of drug-likeness (QED) is 0.472. The Morgan fingerprint density at radius 1 is 1.50 bits per heavy atom. The molecule has 0 saturated carbocycles. The number of rotatable bonds is 5. The van der Waals surface area contributed by atoms with Gasteiger partial charge in [0.15, 0.2) is 0 Å². The number of amides is 1. The highest BCUT2D eigenvalue weighted by molar-refractivity contribution is 5.77. The molecular weight excluding hydrogens is 210 g/mol. The number of hydrogen-bond acceptors (Lipinski definition) is 4. The van der Waals surface area contributed by atoms with Gasteiger partial charge in [-0.15, -0.1) is 0 Å². The molecule has 1 amide bonds. The molecule has 1 heterocycles. The number of nitrogens with one attached hydrogen (secondary N) is 1. The first-order chi connectivity index (χ1) is 7.57. The Hall–Kier alpha value is -1.14. The summed E-state index contributed by atoms with van der Waals surface area (Å²) < 4.78 is 0. The standard InChI is InChI=1S/C6H14N2O2.C4H7NO/c7-4-2-1-3-5(8)6(9)10;6-4-2-1-3-5-4/h5H,1-4,7-8H2,(H,9,10);1-3H2,(H,5,6)/t5-;/m0./s1. The minimum Gasteiger partial charge on any atom is -0.480 e. The topological polar surface area (TPSA) is 118 Å². The predicted molar refractivity (Wildman–Crippen MR) is 60.8 cm³/mol. The van der Waals surface area contributed by atoms with Crippen molar-refractivity contribution in [2.75, 3.05) is 13.1 Å². The van der Waals surface area contributed by atoms with Crippen LogP contribution in [0.2, 0.25) is 0 Å². The van der Waals surface area contributed by atoms with E-state index < -0.39 is 12.0 Å². The van der Waals surface area contributed by atoms with E-state index in [-0.39, 0.29) is 5.91 Å². The number of carbonyl (C=O) groups excluding carboxylic acids is 1. The van der Waals surface area contributed by atoms with Gasteiger partial charge in [-0.2, -0.15) is 0 Å². The highest BCUT2D eigenvalue weighted by Crippen LogP contribution is 1.97. The first-order valence-corrected chi connectivity index (χ1v) is 5.53. The van der Waals surface area contributed by atoms with Crippen LogP contribution in [0.15, 0.2) is 0 Å². The van der Waals surface area contributed by atoms with Crippen LogP contribution in [-0.2, 0) is 9.59 Å².